The molecule has 2 atom stereocenters. The Bertz CT molecular complexity index is 178. The van der Waals surface area contributed by atoms with E-state index in [9.17, 15) is 4.79 Å². The van der Waals surface area contributed by atoms with Crippen LogP contribution in [0.4, 0.5) is 0 Å². The predicted molar refractivity (Wildman–Crippen MR) is 65.6 cm³/mol. The van der Waals surface area contributed by atoms with Crippen LogP contribution in [0.2, 0.25) is 0 Å². The molecule has 1 fully saturated rings. The van der Waals surface area contributed by atoms with E-state index in [0.29, 0.717) is 11.8 Å². The van der Waals surface area contributed by atoms with Gasteiger partial charge in [0.15, 0.2) is 0 Å². The minimum atomic E-state index is 0. The Kier molecular flexibility index (Phi) is 8.10. The fourth-order valence-electron chi connectivity index (χ4n) is 1.71. The third-order valence-electron chi connectivity index (χ3n) is 2.42. The lowest BCUT2D eigenvalue weighted by Crippen LogP contribution is -2.46. The van der Waals surface area contributed by atoms with E-state index in [1.807, 2.05) is 0 Å². The second-order valence-electron chi connectivity index (χ2n) is 3.35. The van der Waals surface area contributed by atoms with Crippen molar-refractivity contribution in [3.63, 3.8) is 0 Å². The molecular formula is C9H17Br2NO2. The lowest BCUT2D eigenvalue weighted by molar-refractivity contribution is -0.118. The van der Waals surface area contributed by atoms with Crippen molar-refractivity contribution >= 4 is 38.7 Å². The largest absolute Gasteiger partial charge is 0.380 e. The van der Waals surface area contributed by atoms with Gasteiger partial charge < -0.3 is 10.1 Å². The molecule has 0 bridgehead atoms. The lowest BCUT2D eigenvalue weighted by Gasteiger charge is -2.30. The third kappa shape index (κ3) is 4.38. The smallest absolute Gasteiger partial charge is 0.145 e. The highest BCUT2D eigenvalue weighted by molar-refractivity contribution is 9.09. The molecule has 1 rings (SSSR count). The summed E-state index contributed by atoms with van der Waals surface area (Å²) in [7, 11) is 1.71. The quantitative estimate of drug-likeness (QED) is 0.797. The molecular weight excluding hydrogens is 314 g/mol. The van der Waals surface area contributed by atoms with Crippen molar-refractivity contribution in [2.75, 3.05) is 19.0 Å². The number of carbonyl (C=O) groups is 1. The molecule has 84 valence electrons. The third-order valence-corrected chi connectivity index (χ3v) is 3.05. The monoisotopic (exact) mass is 329 g/mol. The van der Waals surface area contributed by atoms with Crippen LogP contribution < -0.4 is 5.32 Å². The molecule has 1 saturated heterocycles. The van der Waals surface area contributed by atoms with Gasteiger partial charge in [0.05, 0.1) is 11.4 Å². The zero-order valence-corrected chi connectivity index (χ0v) is 11.6. The van der Waals surface area contributed by atoms with E-state index < -0.39 is 0 Å². The zero-order valence-electron chi connectivity index (χ0n) is 8.29. The SMILES string of the molecule is Br.COC1CCCNC1CC(=O)CBr. The Hall–Kier alpha value is 0.550. The molecule has 0 aliphatic carbocycles. The molecule has 0 radical (unpaired) electrons. The summed E-state index contributed by atoms with van der Waals surface area (Å²) in [5.74, 6) is 0.237. The molecule has 0 saturated carbocycles. The summed E-state index contributed by atoms with van der Waals surface area (Å²) in [5, 5.41) is 3.76. The molecule has 0 aromatic carbocycles. The Morgan fingerprint density at radius 3 is 2.93 bits per heavy atom. The van der Waals surface area contributed by atoms with E-state index in [4.69, 9.17) is 4.74 Å². The molecule has 0 aromatic heterocycles. The minimum Gasteiger partial charge on any atom is -0.380 e. The summed E-state index contributed by atoms with van der Waals surface area (Å²) in [6.07, 6.45) is 2.97. The van der Waals surface area contributed by atoms with Crippen molar-refractivity contribution in [2.45, 2.75) is 31.4 Å². The van der Waals surface area contributed by atoms with E-state index in [0.717, 1.165) is 19.4 Å². The van der Waals surface area contributed by atoms with Gasteiger partial charge >= 0.3 is 0 Å². The first-order valence-electron chi connectivity index (χ1n) is 4.61. The maximum atomic E-state index is 11.2. The molecule has 3 nitrogen and oxygen atoms in total. The van der Waals surface area contributed by atoms with Gasteiger partial charge in [0.2, 0.25) is 0 Å². The summed E-state index contributed by atoms with van der Waals surface area (Å²) in [5.41, 5.74) is 0. The topological polar surface area (TPSA) is 38.3 Å². The van der Waals surface area contributed by atoms with Crippen LogP contribution in [-0.2, 0) is 9.53 Å². The van der Waals surface area contributed by atoms with Gasteiger partial charge in [0.1, 0.15) is 5.78 Å². The maximum absolute atomic E-state index is 11.2. The fourth-order valence-corrected chi connectivity index (χ4v) is 1.94. The van der Waals surface area contributed by atoms with Crippen LogP contribution in [0.25, 0.3) is 0 Å². The average Bonchev–Trinajstić information content (AvgIpc) is 2.18. The molecule has 1 N–H and O–H groups in total. The Morgan fingerprint density at radius 1 is 1.64 bits per heavy atom. The number of carbonyl (C=O) groups excluding carboxylic acids is 1. The van der Waals surface area contributed by atoms with Crippen molar-refractivity contribution in [1.82, 2.24) is 5.32 Å². The van der Waals surface area contributed by atoms with Crippen LogP contribution in [-0.4, -0.2) is 36.9 Å². The standard InChI is InChI=1S/C9H16BrNO2.BrH/c1-13-9-3-2-4-11-8(9)5-7(12)6-10;/h8-9,11H,2-6H2,1H3;1H. The van der Waals surface area contributed by atoms with Crippen LogP contribution >= 0.6 is 32.9 Å². The van der Waals surface area contributed by atoms with E-state index >= 15 is 0 Å². The average molecular weight is 331 g/mol. The predicted octanol–water partition coefficient (Wildman–Crippen LogP) is 1.69. The van der Waals surface area contributed by atoms with Gasteiger partial charge in [-0.1, -0.05) is 15.9 Å². The van der Waals surface area contributed by atoms with Crippen LogP contribution in [0.3, 0.4) is 0 Å². The van der Waals surface area contributed by atoms with Crippen LogP contribution in [0, 0.1) is 0 Å². The summed E-state index contributed by atoms with van der Waals surface area (Å²) in [6, 6.07) is 0.212. The second-order valence-corrected chi connectivity index (χ2v) is 3.91. The van der Waals surface area contributed by atoms with E-state index in [1.54, 1.807) is 7.11 Å². The summed E-state index contributed by atoms with van der Waals surface area (Å²) in [4.78, 5) is 11.2. The van der Waals surface area contributed by atoms with Crippen molar-refractivity contribution in [3.8, 4) is 0 Å². The highest BCUT2D eigenvalue weighted by Gasteiger charge is 2.25. The first-order valence-corrected chi connectivity index (χ1v) is 5.74. The highest BCUT2D eigenvalue weighted by Crippen LogP contribution is 2.14. The number of rotatable bonds is 4. The van der Waals surface area contributed by atoms with Gasteiger partial charge in [-0.3, -0.25) is 4.79 Å². The van der Waals surface area contributed by atoms with Gasteiger partial charge in [0.25, 0.3) is 0 Å². The van der Waals surface area contributed by atoms with E-state index in [-0.39, 0.29) is 34.9 Å². The molecule has 0 aromatic rings. The molecule has 1 heterocycles. The number of hydrogen-bond acceptors (Lipinski definition) is 3. The van der Waals surface area contributed by atoms with Gasteiger partial charge in [0, 0.05) is 19.6 Å². The van der Waals surface area contributed by atoms with Gasteiger partial charge in [-0.15, -0.1) is 17.0 Å². The summed E-state index contributed by atoms with van der Waals surface area (Å²) in [6.45, 7) is 1.00. The molecule has 0 spiro atoms. The van der Waals surface area contributed by atoms with Gasteiger partial charge in [-0.05, 0) is 19.4 Å². The number of piperidine rings is 1. The van der Waals surface area contributed by atoms with Crippen LogP contribution in [0.1, 0.15) is 19.3 Å². The Balaban J connectivity index is 0.00000169. The maximum Gasteiger partial charge on any atom is 0.145 e. The molecule has 1 aliphatic heterocycles. The number of hydrogen-bond donors (Lipinski definition) is 1. The van der Waals surface area contributed by atoms with Crippen molar-refractivity contribution in [1.29, 1.82) is 0 Å². The van der Waals surface area contributed by atoms with E-state index in [2.05, 4.69) is 21.2 Å². The number of Topliss-reactive ketones (excluding diaryl/α,β-unsaturated/α-hetero) is 1. The molecule has 1 aliphatic rings. The number of halogens is 2. The first kappa shape index (κ1) is 14.6. The van der Waals surface area contributed by atoms with Crippen LogP contribution in [0.15, 0.2) is 0 Å². The van der Waals surface area contributed by atoms with Crippen molar-refractivity contribution in [3.05, 3.63) is 0 Å². The number of ether oxygens (including phenoxy) is 1. The van der Waals surface area contributed by atoms with Crippen molar-refractivity contribution < 1.29 is 9.53 Å². The van der Waals surface area contributed by atoms with Crippen LogP contribution in [0.5, 0.6) is 0 Å². The number of alkyl halides is 1. The Morgan fingerprint density at radius 2 is 2.36 bits per heavy atom. The summed E-state index contributed by atoms with van der Waals surface area (Å²) >= 11 is 3.17. The minimum absolute atomic E-state index is 0. The number of ketones is 1. The summed E-state index contributed by atoms with van der Waals surface area (Å²) < 4.78 is 5.32. The zero-order chi connectivity index (χ0) is 9.68. The number of nitrogens with one attached hydrogen (secondary N) is 1. The normalized spacial score (nSPS) is 26.7. The van der Waals surface area contributed by atoms with Gasteiger partial charge in [-0.25, -0.2) is 0 Å². The lowest BCUT2D eigenvalue weighted by atomic mass is 9.97. The first-order chi connectivity index (χ1) is 6.27. The highest BCUT2D eigenvalue weighted by atomic mass is 79.9. The molecule has 2 unspecified atom stereocenters. The molecule has 5 heteroatoms. The molecule has 14 heavy (non-hydrogen) atoms. The second kappa shape index (κ2) is 7.79. The van der Waals surface area contributed by atoms with Crippen molar-refractivity contribution in [2.24, 2.45) is 0 Å². The van der Waals surface area contributed by atoms with E-state index in [1.165, 1.54) is 0 Å². The Labute approximate surface area is 104 Å². The van der Waals surface area contributed by atoms with Gasteiger partial charge in [-0.2, -0.15) is 0 Å². The molecule has 0 amide bonds. The fraction of sp³-hybridized carbons (Fsp3) is 0.889. The number of methoxy groups -OCH3 is 1.